The number of likely N-dealkylation sites (tertiary alicyclic amines) is 1. The predicted octanol–water partition coefficient (Wildman–Crippen LogP) is 3.85. The van der Waals surface area contributed by atoms with Crippen molar-refractivity contribution in [3.63, 3.8) is 0 Å². The lowest BCUT2D eigenvalue weighted by atomic mass is 9.92. The molecule has 1 aliphatic rings. The van der Waals surface area contributed by atoms with E-state index in [1.54, 1.807) is 41.3 Å². The Balaban J connectivity index is 1.41. The van der Waals surface area contributed by atoms with Crippen molar-refractivity contribution in [2.75, 3.05) is 13.1 Å². The zero-order valence-electron chi connectivity index (χ0n) is 18.3. The van der Waals surface area contributed by atoms with Crippen LogP contribution in [0.2, 0.25) is 5.02 Å². The lowest BCUT2D eigenvalue weighted by molar-refractivity contribution is -0.142. The zero-order chi connectivity index (χ0) is 23.8. The van der Waals surface area contributed by atoms with Gasteiger partial charge in [-0.15, -0.1) is 0 Å². The minimum atomic E-state index is -1.09. The minimum absolute atomic E-state index is 0.0241. The highest BCUT2D eigenvalue weighted by Crippen LogP contribution is 2.22. The Kier molecular flexibility index (Phi) is 8.83. The highest BCUT2D eigenvalue weighted by Gasteiger charge is 2.26. The number of nitrogens with one attached hydrogen (secondary N) is 1. The highest BCUT2D eigenvalue weighted by molar-refractivity contribution is 6.30. The van der Waals surface area contributed by atoms with Crippen molar-refractivity contribution >= 4 is 29.4 Å². The predicted molar refractivity (Wildman–Crippen MR) is 123 cm³/mol. The number of aryl methyl sites for hydroxylation is 1. The fourth-order valence-corrected chi connectivity index (χ4v) is 4.19. The molecule has 0 spiro atoms. The number of carbonyl (C=O) groups excluding carboxylic acids is 2. The van der Waals surface area contributed by atoms with Gasteiger partial charge < -0.3 is 15.3 Å². The second-order valence-corrected chi connectivity index (χ2v) is 8.88. The molecule has 0 radical (unpaired) electrons. The van der Waals surface area contributed by atoms with Crippen molar-refractivity contribution < 1.29 is 23.9 Å². The fourth-order valence-electron chi connectivity index (χ4n) is 4.06. The number of piperidine rings is 1. The van der Waals surface area contributed by atoms with Crippen LogP contribution in [0.25, 0.3) is 0 Å². The highest BCUT2D eigenvalue weighted by atomic mass is 35.5. The summed E-state index contributed by atoms with van der Waals surface area (Å²) in [5.74, 6) is -1.57. The molecule has 0 unspecified atom stereocenters. The Morgan fingerprint density at radius 2 is 1.79 bits per heavy atom. The summed E-state index contributed by atoms with van der Waals surface area (Å²) in [6.07, 6.45) is 2.59. The van der Waals surface area contributed by atoms with E-state index in [2.05, 4.69) is 5.32 Å². The SMILES string of the molecule is O=C(CC1CCN(C(=O)CCc2cccc(F)c2)CC1)N[C@@H](Cc1ccc(Cl)cc1)C(=O)O. The van der Waals surface area contributed by atoms with Crippen molar-refractivity contribution in [3.8, 4) is 0 Å². The smallest absolute Gasteiger partial charge is 0.326 e. The Labute approximate surface area is 197 Å². The van der Waals surface area contributed by atoms with Crippen molar-refractivity contribution in [1.82, 2.24) is 10.2 Å². The van der Waals surface area contributed by atoms with Gasteiger partial charge in [0.05, 0.1) is 0 Å². The van der Waals surface area contributed by atoms with E-state index in [9.17, 15) is 23.9 Å². The van der Waals surface area contributed by atoms with Crippen LogP contribution in [-0.4, -0.2) is 46.9 Å². The van der Waals surface area contributed by atoms with Crippen molar-refractivity contribution in [3.05, 3.63) is 70.5 Å². The Bertz CT molecular complexity index is 975. The molecule has 33 heavy (non-hydrogen) atoms. The van der Waals surface area contributed by atoms with E-state index in [1.165, 1.54) is 12.1 Å². The number of carboxylic acid groups (broad SMARTS) is 1. The number of rotatable bonds is 9. The molecule has 0 saturated carbocycles. The van der Waals surface area contributed by atoms with Crippen LogP contribution in [0.1, 0.15) is 36.8 Å². The van der Waals surface area contributed by atoms with Crippen LogP contribution in [0, 0.1) is 11.7 Å². The van der Waals surface area contributed by atoms with E-state index >= 15 is 0 Å². The van der Waals surface area contributed by atoms with Crippen LogP contribution in [0.3, 0.4) is 0 Å². The van der Waals surface area contributed by atoms with E-state index in [0.29, 0.717) is 43.8 Å². The second-order valence-electron chi connectivity index (χ2n) is 8.45. The number of carbonyl (C=O) groups is 3. The number of nitrogens with zero attached hydrogens (tertiary/aromatic N) is 1. The number of hydrogen-bond acceptors (Lipinski definition) is 3. The maximum absolute atomic E-state index is 13.3. The summed E-state index contributed by atoms with van der Waals surface area (Å²) in [5.41, 5.74) is 1.57. The van der Waals surface area contributed by atoms with Crippen LogP contribution < -0.4 is 5.32 Å². The van der Waals surface area contributed by atoms with Crippen molar-refractivity contribution in [1.29, 1.82) is 0 Å². The van der Waals surface area contributed by atoms with Crippen LogP contribution in [0.15, 0.2) is 48.5 Å². The van der Waals surface area contributed by atoms with Gasteiger partial charge in [-0.05, 0) is 60.6 Å². The monoisotopic (exact) mass is 474 g/mol. The zero-order valence-corrected chi connectivity index (χ0v) is 19.1. The molecule has 8 heteroatoms. The van der Waals surface area contributed by atoms with Crippen LogP contribution in [0.4, 0.5) is 4.39 Å². The first-order chi connectivity index (χ1) is 15.8. The van der Waals surface area contributed by atoms with Gasteiger partial charge >= 0.3 is 5.97 Å². The molecule has 0 aliphatic carbocycles. The molecule has 3 rings (SSSR count). The van der Waals surface area contributed by atoms with Gasteiger partial charge in [-0.2, -0.15) is 0 Å². The Hall–Kier alpha value is -2.93. The number of amides is 2. The van der Waals surface area contributed by atoms with Gasteiger partial charge in [0, 0.05) is 37.4 Å². The van der Waals surface area contributed by atoms with Gasteiger partial charge in [0.2, 0.25) is 11.8 Å². The molecule has 176 valence electrons. The standard InChI is InChI=1S/C25H28ClFN2O4/c26-20-7-4-18(5-8-20)15-22(25(32)33)28-23(30)16-19-10-12-29(13-11-19)24(31)9-6-17-2-1-3-21(27)14-17/h1-5,7-8,14,19,22H,6,9-13,15-16H2,(H,28,30)(H,32,33)/t22-/m0/s1. The maximum atomic E-state index is 13.3. The number of carboxylic acids is 1. The van der Waals surface area contributed by atoms with E-state index in [0.717, 1.165) is 11.1 Å². The first-order valence-corrected chi connectivity index (χ1v) is 11.5. The summed E-state index contributed by atoms with van der Waals surface area (Å²) >= 11 is 5.86. The number of aliphatic carboxylic acids is 1. The number of hydrogen-bond donors (Lipinski definition) is 2. The molecule has 6 nitrogen and oxygen atoms in total. The molecule has 1 fully saturated rings. The molecule has 1 saturated heterocycles. The van der Waals surface area contributed by atoms with E-state index < -0.39 is 12.0 Å². The molecule has 1 aliphatic heterocycles. The van der Waals surface area contributed by atoms with E-state index in [4.69, 9.17) is 11.6 Å². The summed E-state index contributed by atoms with van der Waals surface area (Å²) in [6.45, 7) is 1.13. The largest absolute Gasteiger partial charge is 0.480 e. The van der Waals surface area contributed by atoms with Crippen LogP contribution in [0.5, 0.6) is 0 Å². The molecule has 2 aromatic carbocycles. The molecule has 2 aromatic rings. The number of benzene rings is 2. The molecular weight excluding hydrogens is 447 g/mol. The molecule has 2 N–H and O–H groups in total. The fraction of sp³-hybridized carbons (Fsp3) is 0.400. The average Bonchev–Trinajstić information content (AvgIpc) is 2.79. The second kappa shape index (κ2) is 11.8. The van der Waals surface area contributed by atoms with Crippen LogP contribution in [-0.2, 0) is 27.2 Å². The molecule has 0 bridgehead atoms. The third kappa shape index (κ3) is 7.86. The minimum Gasteiger partial charge on any atom is -0.480 e. The van der Waals surface area contributed by atoms with Gasteiger partial charge in [-0.25, -0.2) is 9.18 Å². The Morgan fingerprint density at radius 1 is 1.09 bits per heavy atom. The molecule has 2 amide bonds. The third-order valence-corrected chi connectivity index (χ3v) is 6.20. The van der Waals surface area contributed by atoms with E-state index in [1.807, 2.05) is 0 Å². The summed E-state index contributed by atoms with van der Waals surface area (Å²) in [5, 5.41) is 12.7. The van der Waals surface area contributed by atoms with Gasteiger partial charge in [-0.3, -0.25) is 9.59 Å². The summed E-state index contributed by atoms with van der Waals surface area (Å²) in [4.78, 5) is 38.3. The lowest BCUT2D eigenvalue weighted by Crippen LogP contribution is -2.44. The first-order valence-electron chi connectivity index (χ1n) is 11.1. The summed E-state index contributed by atoms with van der Waals surface area (Å²) in [7, 11) is 0. The normalized spacial score (nSPS) is 15.2. The van der Waals surface area contributed by atoms with Crippen molar-refractivity contribution in [2.45, 2.75) is 44.6 Å². The number of halogens is 2. The lowest BCUT2D eigenvalue weighted by Gasteiger charge is -2.32. The van der Waals surface area contributed by atoms with Gasteiger partial charge in [0.25, 0.3) is 0 Å². The van der Waals surface area contributed by atoms with E-state index in [-0.39, 0.29) is 36.4 Å². The molecule has 0 aromatic heterocycles. The summed E-state index contributed by atoms with van der Waals surface area (Å²) < 4.78 is 13.3. The maximum Gasteiger partial charge on any atom is 0.326 e. The van der Waals surface area contributed by atoms with Crippen molar-refractivity contribution in [2.24, 2.45) is 5.92 Å². The molecule has 1 heterocycles. The van der Waals surface area contributed by atoms with Crippen LogP contribution >= 0.6 is 11.6 Å². The average molecular weight is 475 g/mol. The van der Waals surface area contributed by atoms with Gasteiger partial charge in [0.1, 0.15) is 11.9 Å². The van der Waals surface area contributed by atoms with Gasteiger partial charge in [-0.1, -0.05) is 35.9 Å². The molecule has 1 atom stereocenters. The third-order valence-electron chi connectivity index (χ3n) is 5.94. The molecular formula is C25H28ClFN2O4. The topological polar surface area (TPSA) is 86.7 Å². The first kappa shape index (κ1) is 24.7. The van der Waals surface area contributed by atoms with Gasteiger partial charge in [0.15, 0.2) is 0 Å². The quantitative estimate of drug-likeness (QED) is 0.578. The summed E-state index contributed by atoms with van der Waals surface area (Å²) in [6, 6.07) is 12.1. The Morgan fingerprint density at radius 3 is 2.42 bits per heavy atom.